The van der Waals surface area contributed by atoms with Gasteiger partial charge in [-0.15, -0.1) is 10.2 Å². The molecule has 0 aliphatic carbocycles. The molecule has 0 spiro atoms. The Bertz CT molecular complexity index is 1030. The first kappa shape index (κ1) is 21.2. The van der Waals surface area contributed by atoms with Crippen molar-refractivity contribution in [2.45, 2.75) is 31.3 Å². The van der Waals surface area contributed by atoms with E-state index in [0.717, 1.165) is 37.6 Å². The predicted octanol–water partition coefficient (Wildman–Crippen LogP) is 4.31. The van der Waals surface area contributed by atoms with Crippen LogP contribution in [-0.2, 0) is 4.79 Å². The van der Waals surface area contributed by atoms with Crippen molar-refractivity contribution in [2.75, 3.05) is 36.2 Å². The number of ether oxygens (including phenoxy) is 1. The molecule has 1 aliphatic heterocycles. The summed E-state index contributed by atoms with van der Waals surface area (Å²) >= 11 is 1.39. The molecule has 2 heterocycles. The summed E-state index contributed by atoms with van der Waals surface area (Å²) in [5, 5.41) is 12.6. The van der Waals surface area contributed by atoms with E-state index >= 15 is 0 Å². The smallest absolute Gasteiger partial charge is 0.234 e. The van der Waals surface area contributed by atoms with E-state index in [-0.39, 0.29) is 11.7 Å². The zero-order chi connectivity index (χ0) is 21.6. The summed E-state index contributed by atoms with van der Waals surface area (Å²) < 4.78 is 7.28. The minimum absolute atomic E-state index is 0.101. The third kappa shape index (κ3) is 5.19. The molecule has 1 fully saturated rings. The molecule has 0 radical (unpaired) electrons. The Morgan fingerprint density at radius 2 is 1.87 bits per heavy atom. The van der Waals surface area contributed by atoms with Crippen molar-refractivity contribution < 1.29 is 9.53 Å². The normalized spacial score (nSPS) is 13.8. The maximum Gasteiger partial charge on any atom is 0.234 e. The van der Waals surface area contributed by atoms with Crippen LogP contribution in [0.5, 0.6) is 5.75 Å². The minimum atomic E-state index is -0.101. The molecule has 31 heavy (non-hydrogen) atoms. The molecule has 1 aliphatic rings. The fourth-order valence-corrected chi connectivity index (χ4v) is 4.35. The molecular weight excluding hydrogens is 410 g/mol. The summed E-state index contributed by atoms with van der Waals surface area (Å²) in [6, 6.07) is 15.6. The van der Waals surface area contributed by atoms with E-state index in [2.05, 4.69) is 56.2 Å². The van der Waals surface area contributed by atoms with Crippen LogP contribution in [0.25, 0.3) is 5.69 Å². The van der Waals surface area contributed by atoms with Crippen molar-refractivity contribution in [3.63, 3.8) is 0 Å². The number of nitrogens with one attached hydrogen (secondary N) is 1. The van der Waals surface area contributed by atoms with Crippen molar-refractivity contribution in [3.05, 3.63) is 54.1 Å². The Kier molecular flexibility index (Phi) is 6.76. The Labute approximate surface area is 186 Å². The highest BCUT2D eigenvalue weighted by Gasteiger charge is 2.22. The summed E-state index contributed by atoms with van der Waals surface area (Å²) in [4.78, 5) is 14.8. The molecule has 0 atom stereocenters. The number of nitrogens with zero attached hydrogens (tertiary/aromatic N) is 4. The molecule has 2 aromatic carbocycles. The molecule has 1 saturated heterocycles. The number of benzene rings is 2. The second kappa shape index (κ2) is 9.87. The van der Waals surface area contributed by atoms with Crippen molar-refractivity contribution >= 4 is 29.3 Å². The summed E-state index contributed by atoms with van der Waals surface area (Å²) in [7, 11) is 1.61. The fourth-order valence-electron chi connectivity index (χ4n) is 3.60. The molecule has 3 aromatic rings. The fraction of sp³-hybridized carbons (Fsp3) is 0.348. The van der Waals surface area contributed by atoms with Crippen LogP contribution < -0.4 is 15.0 Å². The number of amides is 1. The number of hydrogen-bond acceptors (Lipinski definition) is 6. The van der Waals surface area contributed by atoms with Gasteiger partial charge in [-0.05, 0) is 50.5 Å². The van der Waals surface area contributed by atoms with Gasteiger partial charge in [0.25, 0.3) is 0 Å². The van der Waals surface area contributed by atoms with Crippen LogP contribution in [0.3, 0.4) is 0 Å². The second-order valence-corrected chi connectivity index (χ2v) is 8.51. The van der Waals surface area contributed by atoms with E-state index in [9.17, 15) is 4.79 Å². The van der Waals surface area contributed by atoms with Crippen LogP contribution in [0.15, 0.2) is 53.7 Å². The molecule has 1 N–H and O–H groups in total. The number of aryl methyl sites for hydroxylation is 1. The summed E-state index contributed by atoms with van der Waals surface area (Å²) in [5.74, 6) is 1.69. The van der Waals surface area contributed by atoms with Gasteiger partial charge >= 0.3 is 0 Å². The summed E-state index contributed by atoms with van der Waals surface area (Å²) in [5.41, 5.74) is 2.91. The molecule has 4 rings (SSSR count). The first-order valence-electron chi connectivity index (χ1n) is 10.5. The minimum Gasteiger partial charge on any atom is -0.497 e. The van der Waals surface area contributed by atoms with Gasteiger partial charge in [-0.25, -0.2) is 0 Å². The molecule has 7 nitrogen and oxygen atoms in total. The molecule has 162 valence electrons. The van der Waals surface area contributed by atoms with Crippen LogP contribution in [0.4, 0.5) is 11.6 Å². The van der Waals surface area contributed by atoms with Gasteiger partial charge in [-0.3, -0.25) is 9.36 Å². The molecule has 0 unspecified atom stereocenters. The van der Waals surface area contributed by atoms with E-state index in [1.807, 2.05) is 18.2 Å². The Balaban J connectivity index is 1.52. The van der Waals surface area contributed by atoms with Gasteiger partial charge in [-0.2, -0.15) is 0 Å². The number of anilines is 2. The lowest BCUT2D eigenvalue weighted by atomic mass is 10.1. The van der Waals surface area contributed by atoms with Gasteiger partial charge in [0.15, 0.2) is 5.16 Å². The monoisotopic (exact) mass is 437 g/mol. The van der Waals surface area contributed by atoms with Crippen LogP contribution in [0.2, 0.25) is 0 Å². The SMILES string of the molecule is COc1cccc(NC(=O)CSc2nnc(N3CCCCC3)n2-c2ccc(C)cc2)c1. The third-order valence-corrected chi connectivity index (χ3v) is 6.16. The van der Waals surface area contributed by atoms with Gasteiger partial charge in [0.1, 0.15) is 5.75 Å². The number of thioether (sulfide) groups is 1. The second-order valence-electron chi connectivity index (χ2n) is 7.57. The lowest BCUT2D eigenvalue weighted by Gasteiger charge is -2.27. The molecule has 8 heteroatoms. The summed E-state index contributed by atoms with van der Waals surface area (Å²) in [6.45, 7) is 4.02. The lowest BCUT2D eigenvalue weighted by molar-refractivity contribution is -0.113. The van der Waals surface area contributed by atoms with Gasteiger partial charge in [0.05, 0.1) is 18.6 Å². The Hall–Kier alpha value is -3.00. The maximum atomic E-state index is 12.5. The highest BCUT2D eigenvalue weighted by Crippen LogP contribution is 2.28. The number of piperidine rings is 1. The molecule has 1 amide bonds. The number of hydrogen-bond donors (Lipinski definition) is 1. The number of methoxy groups -OCH3 is 1. The highest BCUT2D eigenvalue weighted by molar-refractivity contribution is 7.99. The van der Waals surface area contributed by atoms with Crippen molar-refractivity contribution in [1.82, 2.24) is 14.8 Å². The predicted molar refractivity (Wildman–Crippen MR) is 125 cm³/mol. The van der Waals surface area contributed by atoms with Crippen molar-refractivity contribution in [2.24, 2.45) is 0 Å². The molecule has 1 aromatic heterocycles. The average Bonchev–Trinajstić information content (AvgIpc) is 3.23. The van der Waals surface area contributed by atoms with E-state index in [4.69, 9.17) is 4.74 Å². The topological polar surface area (TPSA) is 72.3 Å². The van der Waals surface area contributed by atoms with Gasteiger partial charge in [-0.1, -0.05) is 35.5 Å². The maximum absolute atomic E-state index is 12.5. The first-order valence-corrected chi connectivity index (χ1v) is 11.5. The number of carbonyl (C=O) groups is 1. The number of carbonyl (C=O) groups excluding carboxylic acids is 1. The number of rotatable bonds is 7. The lowest BCUT2D eigenvalue weighted by Crippen LogP contribution is -2.31. The van der Waals surface area contributed by atoms with Gasteiger partial charge in [0.2, 0.25) is 11.9 Å². The Morgan fingerprint density at radius 3 is 2.61 bits per heavy atom. The summed E-state index contributed by atoms with van der Waals surface area (Å²) in [6.07, 6.45) is 3.57. The van der Waals surface area contributed by atoms with Crippen molar-refractivity contribution in [3.8, 4) is 11.4 Å². The van der Waals surface area contributed by atoms with E-state index in [1.54, 1.807) is 13.2 Å². The van der Waals surface area contributed by atoms with Crippen LogP contribution >= 0.6 is 11.8 Å². The Morgan fingerprint density at radius 1 is 1.10 bits per heavy atom. The van der Waals surface area contributed by atoms with Crippen molar-refractivity contribution in [1.29, 1.82) is 0 Å². The standard InChI is InChI=1S/C23H27N5O2S/c1-17-9-11-19(12-10-17)28-22(27-13-4-3-5-14-27)25-26-23(28)31-16-21(29)24-18-7-6-8-20(15-18)30-2/h6-12,15H,3-5,13-14,16H2,1-2H3,(H,24,29). The average molecular weight is 438 g/mol. The molecular formula is C23H27N5O2S. The quantitative estimate of drug-likeness (QED) is 0.556. The zero-order valence-electron chi connectivity index (χ0n) is 17.9. The van der Waals surface area contributed by atoms with Crippen LogP contribution in [0.1, 0.15) is 24.8 Å². The van der Waals surface area contributed by atoms with E-state index < -0.39 is 0 Å². The largest absolute Gasteiger partial charge is 0.497 e. The van der Waals surface area contributed by atoms with Gasteiger partial charge < -0.3 is 15.0 Å². The zero-order valence-corrected chi connectivity index (χ0v) is 18.7. The highest BCUT2D eigenvalue weighted by atomic mass is 32.2. The molecule has 0 saturated carbocycles. The van der Waals surface area contributed by atoms with Gasteiger partial charge in [0, 0.05) is 24.8 Å². The van der Waals surface area contributed by atoms with Crippen LogP contribution in [0, 0.1) is 6.92 Å². The van der Waals surface area contributed by atoms with Crippen LogP contribution in [-0.4, -0.2) is 46.6 Å². The number of aromatic nitrogens is 3. The van der Waals surface area contributed by atoms with E-state index in [0.29, 0.717) is 16.6 Å². The third-order valence-electron chi connectivity index (χ3n) is 5.23. The first-order chi connectivity index (χ1) is 15.1. The molecule has 0 bridgehead atoms. The van der Waals surface area contributed by atoms with E-state index in [1.165, 1.54) is 23.7 Å².